The van der Waals surface area contributed by atoms with Crippen molar-refractivity contribution >= 4 is 15.9 Å². The number of rotatable bonds is 5. The van der Waals surface area contributed by atoms with E-state index in [9.17, 15) is 0 Å². The van der Waals surface area contributed by atoms with Crippen LogP contribution in [-0.2, 0) is 0 Å². The average molecular weight is 391 g/mol. The molecule has 0 spiro atoms. The maximum absolute atomic E-state index is 5.66. The van der Waals surface area contributed by atoms with E-state index in [0.717, 1.165) is 42.2 Å². The monoisotopic (exact) mass is 390 g/mol. The number of methoxy groups -OCH3 is 2. The van der Waals surface area contributed by atoms with E-state index in [4.69, 9.17) is 9.47 Å². The normalized spacial score (nSPS) is 16.6. The van der Waals surface area contributed by atoms with Gasteiger partial charge in [0.15, 0.2) is 0 Å². The molecule has 1 atom stereocenters. The fourth-order valence-corrected chi connectivity index (χ4v) is 3.64. The highest BCUT2D eigenvalue weighted by Gasteiger charge is 2.27. The highest BCUT2D eigenvalue weighted by Crippen LogP contribution is 2.37. The van der Waals surface area contributed by atoms with E-state index >= 15 is 0 Å². The molecule has 0 amide bonds. The third-order valence-corrected chi connectivity index (χ3v) is 4.91. The summed E-state index contributed by atoms with van der Waals surface area (Å²) in [4.78, 5) is 2.50. The lowest BCUT2D eigenvalue weighted by Crippen LogP contribution is -2.45. The minimum absolute atomic E-state index is 0.134. The van der Waals surface area contributed by atoms with Gasteiger partial charge < -0.3 is 14.8 Å². The van der Waals surface area contributed by atoms with E-state index in [1.807, 2.05) is 24.3 Å². The van der Waals surface area contributed by atoms with Crippen LogP contribution in [0.2, 0.25) is 0 Å². The second kappa shape index (κ2) is 8.01. The number of piperazine rings is 1. The summed E-state index contributed by atoms with van der Waals surface area (Å²) in [6, 6.07) is 14.6. The highest BCUT2D eigenvalue weighted by molar-refractivity contribution is 9.10. The van der Waals surface area contributed by atoms with Crippen LogP contribution in [0.5, 0.6) is 11.5 Å². The molecule has 0 aliphatic carbocycles. The van der Waals surface area contributed by atoms with Gasteiger partial charge in [0.1, 0.15) is 11.5 Å². The molecule has 5 heteroatoms. The molecular weight excluding hydrogens is 368 g/mol. The average Bonchev–Trinajstić information content (AvgIpc) is 2.63. The first-order valence-electron chi connectivity index (χ1n) is 8.15. The lowest BCUT2D eigenvalue weighted by molar-refractivity contribution is 0.195. The van der Waals surface area contributed by atoms with Gasteiger partial charge in [0.05, 0.1) is 20.3 Å². The Morgan fingerprint density at radius 2 is 1.83 bits per heavy atom. The standard InChI is InChI=1S/C19H23BrN2O2/c1-23-16-5-3-4-14(12-16)19(22-10-8-21-9-11-22)17-13-15(20)6-7-18(17)24-2/h3-7,12-13,19,21H,8-11H2,1-2H3. The van der Waals surface area contributed by atoms with Crippen LogP contribution in [0.1, 0.15) is 17.2 Å². The van der Waals surface area contributed by atoms with Gasteiger partial charge in [-0.1, -0.05) is 28.1 Å². The molecule has 1 saturated heterocycles. The van der Waals surface area contributed by atoms with Crippen molar-refractivity contribution in [2.45, 2.75) is 6.04 Å². The van der Waals surface area contributed by atoms with Gasteiger partial charge in [-0.05, 0) is 35.9 Å². The molecule has 1 heterocycles. The molecule has 0 aromatic heterocycles. The third-order valence-electron chi connectivity index (χ3n) is 4.41. The molecule has 1 unspecified atom stereocenters. The van der Waals surface area contributed by atoms with Crippen molar-refractivity contribution in [3.8, 4) is 11.5 Å². The molecule has 3 rings (SSSR count). The summed E-state index contributed by atoms with van der Waals surface area (Å²) in [6.07, 6.45) is 0. The molecule has 1 aliphatic heterocycles. The van der Waals surface area contributed by atoms with Gasteiger partial charge in [0.2, 0.25) is 0 Å². The largest absolute Gasteiger partial charge is 0.497 e. The first-order chi connectivity index (χ1) is 11.7. The minimum atomic E-state index is 0.134. The molecule has 0 bridgehead atoms. The fourth-order valence-electron chi connectivity index (χ4n) is 3.26. The van der Waals surface area contributed by atoms with E-state index in [1.54, 1.807) is 14.2 Å². The first kappa shape index (κ1) is 17.3. The van der Waals surface area contributed by atoms with Gasteiger partial charge in [0, 0.05) is 36.2 Å². The maximum Gasteiger partial charge on any atom is 0.124 e. The highest BCUT2D eigenvalue weighted by atomic mass is 79.9. The number of nitrogens with one attached hydrogen (secondary N) is 1. The zero-order valence-corrected chi connectivity index (χ0v) is 15.7. The van der Waals surface area contributed by atoms with Crippen LogP contribution in [-0.4, -0.2) is 45.3 Å². The zero-order valence-electron chi connectivity index (χ0n) is 14.1. The predicted molar refractivity (Wildman–Crippen MR) is 100.0 cm³/mol. The van der Waals surface area contributed by atoms with Crippen molar-refractivity contribution < 1.29 is 9.47 Å². The molecule has 0 radical (unpaired) electrons. The van der Waals surface area contributed by atoms with E-state index in [0.29, 0.717) is 0 Å². The summed E-state index contributed by atoms with van der Waals surface area (Å²) in [5, 5.41) is 3.43. The minimum Gasteiger partial charge on any atom is -0.497 e. The SMILES string of the molecule is COc1cccc(C(c2cc(Br)ccc2OC)N2CCNCC2)c1. The van der Waals surface area contributed by atoms with Crippen LogP contribution in [0.3, 0.4) is 0 Å². The Morgan fingerprint density at radius 3 is 2.54 bits per heavy atom. The zero-order chi connectivity index (χ0) is 16.9. The molecule has 0 saturated carbocycles. The van der Waals surface area contributed by atoms with E-state index in [2.05, 4.69) is 44.3 Å². The Kier molecular flexibility index (Phi) is 5.76. The van der Waals surface area contributed by atoms with Gasteiger partial charge in [-0.2, -0.15) is 0 Å². The van der Waals surface area contributed by atoms with E-state index < -0.39 is 0 Å². The Hall–Kier alpha value is -1.56. The van der Waals surface area contributed by atoms with Crippen LogP contribution in [0.15, 0.2) is 46.9 Å². The molecule has 1 fully saturated rings. The number of benzene rings is 2. The number of nitrogens with zero attached hydrogens (tertiary/aromatic N) is 1. The maximum atomic E-state index is 5.66. The molecule has 128 valence electrons. The summed E-state index contributed by atoms with van der Waals surface area (Å²) in [5.74, 6) is 1.78. The number of ether oxygens (including phenoxy) is 2. The van der Waals surface area contributed by atoms with Crippen molar-refractivity contribution in [1.29, 1.82) is 0 Å². The third kappa shape index (κ3) is 3.74. The Labute approximate surface area is 151 Å². The Morgan fingerprint density at radius 1 is 1.04 bits per heavy atom. The second-order valence-corrected chi connectivity index (χ2v) is 6.77. The smallest absolute Gasteiger partial charge is 0.124 e. The fraction of sp³-hybridized carbons (Fsp3) is 0.368. The van der Waals surface area contributed by atoms with E-state index in [1.165, 1.54) is 11.1 Å². The summed E-state index contributed by atoms with van der Waals surface area (Å²) in [6.45, 7) is 3.99. The van der Waals surface area contributed by atoms with Gasteiger partial charge in [-0.3, -0.25) is 4.90 Å². The molecule has 1 aliphatic rings. The van der Waals surface area contributed by atoms with Gasteiger partial charge in [0.25, 0.3) is 0 Å². The van der Waals surface area contributed by atoms with Crippen LogP contribution in [0.25, 0.3) is 0 Å². The number of hydrogen-bond acceptors (Lipinski definition) is 4. The second-order valence-electron chi connectivity index (χ2n) is 5.85. The van der Waals surface area contributed by atoms with Gasteiger partial charge >= 0.3 is 0 Å². The van der Waals surface area contributed by atoms with Crippen molar-refractivity contribution in [3.63, 3.8) is 0 Å². The summed E-state index contributed by atoms with van der Waals surface area (Å²) >= 11 is 3.61. The van der Waals surface area contributed by atoms with Crippen LogP contribution in [0.4, 0.5) is 0 Å². The van der Waals surface area contributed by atoms with Crippen LogP contribution >= 0.6 is 15.9 Å². The molecule has 4 nitrogen and oxygen atoms in total. The predicted octanol–water partition coefficient (Wildman–Crippen LogP) is 3.46. The summed E-state index contributed by atoms with van der Waals surface area (Å²) in [7, 11) is 3.44. The number of hydrogen-bond donors (Lipinski definition) is 1. The lowest BCUT2D eigenvalue weighted by atomic mass is 9.95. The molecule has 1 N–H and O–H groups in total. The molecule has 24 heavy (non-hydrogen) atoms. The lowest BCUT2D eigenvalue weighted by Gasteiger charge is -2.36. The Balaban J connectivity index is 2.09. The van der Waals surface area contributed by atoms with Crippen molar-refractivity contribution in [2.24, 2.45) is 0 Å². The number of halogens is 1. The van der Waals surface area contributed by atoms with Crippen molar-refractivity contribution in [1.82, 2.24) is 10.2 Å². The molecular formula is C19H23BrN2O2. The van der Waals surface area contributed by atoms with Crippen LogP contribution in [0, 0.1) is 0 Å². The summed E-state index contributed by atoms with van der Waals surface area (Å²) in [5.41, 5.74) is 2.38. The Bertz CT molecular complexity index is 687. The van der Waals surface area contributed by atoms with Gasteiger partial charge in [-0.15, -0.1) is 0 Å². The molecule has 2 aromatic rings. The topological polar surface area (TPSA) is 33.7 Å². The van der Waals surface area contributed by atoms with E-state index in [-0.39, 0.29) is 6.04 Å². The first-order valence-corrected chi connectivity index (χ1v) is 8.94. The van der Waals surface area contributed by atoms with Crippen molar-refractivity contribution in [2.75, 3.05) is 40.4 Å². The van der Waals surface area contributed by atoms with Gasteiger partial charge in [-0.25, -0.2) is 0 Å². The quantitative estimate of drug-likeness (QED) is 0.847. The molecule has 2 aromatic carbocycles. The van der Waals surface area contributed by atoms with Crippen LogP contribution < -0.4 is 14.8 Å². The van der Waals surface area contributed by atoms with Crippen molar-refractivity contribution in [3.05, 3.63) is 58.1 Å². The summed E-state index contributed by atoms with van der Waals surface area (Å²) < 4.78 is 12.1.